The van der Waals surface area contributed by atoms with Gasteiger partial charge in [-0.05, 0) is 12.1 Å². The third kappa shape index (κ3) is 3.68. The van der Waals surface area contributed by atoms with Crippen molar-refractivity contribution in [3.05, 3.63) is 24.3 Å². The second kappa shape index (κ2) is 5.64. The Kier molecular flexibility index (Phi) is 4.15. The standard InChI is InChI=1S/C10H12N2O3/c1-15-9-4-2-3-8(7-9)12-10(13)5-6-11-14/h2-4,6-7,14H,5H2,1H3,(H,12,13)/b11-6+. The molecule has 1 aromatic rings. The van der Waals surface area contributed by atoms with Gasteiger partial charge in [0, 0.05) is 11.8 Å². The summed E-state index contributed by atoms with van der Waals surface area (Å²) in [5, 5.41) is 13.5. The molecule has 0 saturated carbocycles. The van der Waals surface area contributed by atoms with Crippen molar-refractivity contribution in [2.24, 2.45) is 5.16 Å². The molecule has 0 fully saturated rings. The van der Waals surface area contributed by atoms with Crippen LogP contribution in [0.25, 0.3) is 0 Å². The smallest absolute Gasteiger partial charge is 0.229 e. The first-order chi connectivity index (χ1) is 7.26. The molecule has 5 heteroatoms. The van der Waals surface area contributed by atoms with Gasteiger partial charge in [0.2, 0.25) is 5.91 Å². The van der Waals surface area contributed by atoms with Gasteiger partial charge in [-0.15, -0.1) is 5.16 Å². The van der Waals surface area contributed by atoms with E-state index in [2.05, 4.69) is 10.5 Å². The van der Waals surface area contributed by atoms with Crippen LogP contribution in [-0.2, 0) is 4.79 Å². The van der Waals surface area contributed by atoms with Crippen molar-refractivity contribution in [1.82, 2.24) is 0 Å². The van der Waals surface area contributed by atoms with Crippen LogP contribution in [0.15, 0.2) is 29.4 Å². The van der Waals surface area contributed by atoms with Crippen molar-refractivity contribution in [2.45, 2.75) is 6.42 Å². The summed E-state index contributed by atoms with van der Waals surface area (Å²) in [4.78, 5) is 11.2. The highest BCUT2D eigenvalue weighted by molar-refractivity contribution is 5.99. The van der Waals surface area contributed by atoms with E-state index in [4.69, 9.17) is 9.94 Å². The summed E-state index contributed by atoms with van der Waals surface area (Å²) in [7, 11) is 1.55. The number of benzene rings is 1. The quantitative estimate of drug-likeness (QED) is 0.447. The summed E-state index contributed by atoms with van der Waals surface area (Å²) in [5.74, 6) is 0.421. The maximum Gasteiger partial charge on any atom is 0.229 e. The second-order valence-corrected chi connectivity index (χ2v) is 2.78. The van der Waals surface area contributed by atoms with Crippen molar-refractivity contribution in [2.75, 3.05) is 12.4 Å². The Morgan fingerprint density at radius 3 is 3.13 bits per heavy atom. The van der Waals surface area contributed by atoms with Crippen molar-refractivity contribution >= 4 is 17.8 Å². The zero-order valence-electron chi connectivity index (χ0n) is 8.30. The van der Waals surface area contributed by atoms with Crippen molar-refractivity contribution < 1.29 is 14.7 Å². The number of oxime groups is 1. The Bertz CT molecular complexity index is 363. The van der Waals surface area contributed by atoms with E-state index >= 15 is 0 Å². The van der Waals surface area contributed by atoms with Gasteiger partial charge in [-0.25, -0.2) is 0 Å². The molecule has 2 N–H and O–H groups in total. The summed E-state index contributed by atoms with van der Waals surface area (Å²) in [6, 6.07) is 7.00. The number of hydrogen-bond donors (Lipinski definition) is 2. The number of carbonyl (C=O) groups is 1. The lowest BCUT2D eigenvalue weighted by atomic mass is 10.3. The van der Waals surface area contributed by atoms with Crippen LogP contribution in [0.5, 0.6) is 5.75 Å². The van der Waals surface area contributed by atoms with E-state index in [-0.39, 0.29) is 12.3 Å². The number of rotatable bonds is 4. The molecule has 0 aliphatic carbocycles. The van der Waals surface area contributed by atoms with Crippen LogP contribution >= 0.6 is 0 Å². The Hall–Kier alpha value is -2.04. The molecule has 0 aliphatic rings. The van der Waals surface area contributed by atoms with Gasteiger partial charge in [-0.2, -0.15) is 0 Å². The maximum atomic E-state index is 11.2. The molecule has 1 aromatic carbocycles. The maximum absolute atomic E-state index is 11.2. The molecule has 0 radical (unpaired) electrons. The van der Waals surface area contributed by atoms with Crippen LogP contribution < -0.4 is 10.1 Å². The highest BCUT2D eigenvalue weighted by Gasteiger charge is 2.01. The highest BCUT2D eigenvalue weighted by atomic mass is 16.5. The molecule has 0 saturated heterocycles. The minimum atomic E-state index is -0.249. The molecule has 0 spiro atoms. The topological polar surface area (TPSA) is 70.9 Å². The minimum Gasteiger partial charge on any atom is -0.497 e. The first-order valence-electron chi connectivity index (χ1n) is 4.36. The van der Waals surface area contributed by atoms with Gasteiger partial charge in [0.05, 0.1) is 19.7 Å². The average molecular weight is 208 g/mol. The number of hydrogen-bond acceptors (Lipinski definition) is 4. The molecule has 80 valence electrons. The molecule has 0 aliphatic heterocycles. The van der Waals surface area contributed by atoms with Gasteiger partial charge in [-0.1, -0.05) is 6.07 Å². The minimum absolute atomic E-state index is 0.0354. The van der Waals surface area contributed by atoms with E-state index in [1.54, 1.807) is 31.4 Å². The van der Waals surface area contributed by atoms with E-state index in [0.29, 0.717) is 11.4 Å². The second-order valence-electron chi connectivity index (χ2n) is 2.78. The lowest BCUT2D eigenvalue weighted by Crippen LogP contribution is -2.11. The normalized spacial score (nSPS) is 10.2. The van der Waals surface area contributed by atoms with Crippen LogP contribution in [0.4, 0.5) is 5.69 Å². The lowest BCUT2D eigenvalue weighted by molar-refractivity contribution is -0.115. The molecule has 5 nitrogen and oxygen atoms in total. The third-order valence-corrected chi connectivity index (χ3v) is 1.71. The van der Waals surface area contributed by atoms with Crippen molar-refractivity contribution in [1.29, 1.82) is 0 Å². The van der Waals surface area contributed by atoms with Crippen LogP contribution in [0.2, 0.25) is 0 Å². The molecule has 0 atom stereocenters. The van der Waals surface area contributed by atoms with Crippen LogP contribution in [0.1, 0.15) is 6.42 Å². The van der Waals surface area contributed by atoms with Gasteiger partial charge >= 0.3 is 0 Å². The fourth-order valence-electron chi connectivity index (χ4n) is 1.04. The van der Waals surface area contributed by atoms with Gasteiger partial charge in [0.25, 0.3) is 0 Å². The Morgan fingerprint density at radius 2 is 2.47 bits per heavy atom. The Labute approximate surface area is 87.4 Å². The SMILES string of the molecule is COc1cccc(NC(=O)C/C=N/O)c1. The molecule has 0 unspecified atom stereocenters. The molecular weight excluding hydrogens is 196 g/mol. The van der Waals surface area contributed by atoms with Crippen LogP contribution in [0.3, 0.4) is 0 Å². The van der Waals surface area contributed by atoms with Gasteiger partial charge in [-0.3, -0.25) is 4.79 Å². The van der Waals surface area contributed by atoms with Crippen molar-refractivity contribution in [3.8, 4) is 5.75 Å². The molecule has 1 amide bonds. The van der Waals surface area contributed by atoms with Crippen LogP contribution in [-0.4, -0.2) is 24.4 Å². The van der Waals surface area contributed by atoms with Gasteiger partial charge < -0.3 is 15.3 Å². The molecular formula is C10H12N2O3. The lowest BCUT2D eigenvalue weighted by Gasteiger charge is -2.05. The number of anilines is 1. The van der Waals surface area contributed by atoms with E-state index < -0.39 is 0 Å². The first-order valence-corrected chi connectivity index (χ1v) is 4.36. The van der Waals surface area contributed by atoms with Gasteiger partial charge in [0.15, 0.2) is 0 Å². The molecule has 0 aromatic heterocycles. The average Bonchev–Trinajstić information content (AvgIpc) is 2.26. The van der Waals surface area contributed by atoms with E-state index in [1.807, 2.05) is 0 Å². The summed E-state index contributed by atoms with van der Waals surface area (Å²) < 4.78 is 5.00. The predicted octanol–water partition coefficient (Wildman–Crippen LogP) is 1.48. The zero-order valence-corrected chi connectivity index (χ0v) is 8.30. The molecule has 0 bridgehead atoms. The van der Waals surface area contributed by atoms with E-state index in [0.717, 1.165) is 6.21 Å². The summed E-state index contributed by atoms with van der Waals surface area (Å²) in [6.07, 6.45) is 1.16. The Balaban J connectivity index is 2.59. The van der Waals surface area contributed by atoms with E-state index in [1.165, 1.54) is 0 Å². The van der Waals surface area contributed by atoms with E-state index in [9.17, 15) is 4.79 Å². The first kappa shape index (κ1) is 11.0. The Morgan fingerprint density at radius 1 is 1.67 bits per heavy atom. The largest absolute Gasteiger partial charge is 0.497 e. The number of ether oxygens (including phenoxy) is 1. The number of nitrogens with one attached hydrogen (secondary N) is 1. The fourth-order valence-corrected chi connectivity index (χ4v) is 1.04. The van der Waals surface area contributed by atoms with Gasteiger partial charge in [0.1, 0.15) is 5.75 Å². The number of carbonyl (C=O) groups excluding carboxylic acids is 1. The summed E-state index contributed by atoms with van der Waals surface area (Å²) >= 11 is 0. The summed E-state index contributed by atoms with van der Waals surface area (Å²) in [6.45, 7) is 0. The third-order valence-electron chi connectivity index (χ3n) is 1.71. The van der Waals surface area contributed by atoms with Crippen LogP contribution in [0, 0.1) is 0 Å². The molecule has 1 rings (SSSR count). The zero-order chi connectivity index (χ0) is 11.1. The predicted molar refractivity (Wildman–Crippen MR) is 56.5 cm³/mol. The monoisotopic (exact) mass is 208 g/mol. The number of nitrogens with zero attached hydrogens (tertiary/aromatic N) is 1. The number of amides is 1. The fraction of sp³-hybridized carbons (Fsp3) is 0.200. The molecule has 0 heterocycles. The highest BCUT2D eigenvalue weighted by Crippen LogP contribution is 2.16. The van der Waals surface area contributed by atoms with Crippen molar-refractivity contribution in [3.63, 3.8) is 0 Å². The molecule has 15 heavy (non-hydrogen) atoms. The summed E-state index contributed by atoms with van der Waals surface area (Å²) in [5.41, 5.74) is 0.644. The number of methoxy groups -OCH3 is 1.